The summed E-state index contributed by atoms with van der Waals surface area (Å²) in [5.41, 5.74) is -1.88. The van der Waals surface area contributed by atoms with E-state index in [1.165, 1.54) is 15.9 Å². The molecule has 2 aliphatic heterocycles. The van der Waals surface area contributed by atoms with Gasteiger partial charge in [0.05, 0.1) is 47.7 Å². The molecular formula is C18H19F3N4O4. The van der Waals surface area contributed by atoms with Crippen molar-refractivity contribution in [3.63, 3.8) is 0 Å². The number of benzene rings is 1. The first-order valence-corrected chi connectivity index (χ1v) is 8.97. The number of carboxylic acid groups (broad SMARTS) is 1. The van der Waals surface area contributed by atoms with Gasteiger partial charge in [-0.2, -0.15) is 18.4 Å². The predicted molar refractivity (Wildman–Crippen MR) is 94.7 cm³/mol. The molecule has 2 saturated heterocycles. The van der Waals surface area contributed by atoms with E-state index in [0.29, 0.717) is 6.42 Å². The molecule has 1 aromatic carbocycles. The highest BCUT2D eigenvalue weighted by Crippen LogP contribution is 2.41. The largest absolute Gasteiger partial charge is 0.465 e. The zero-order chi connectivity index (χ0) is 21.2. The molecule has 0 radical (unpaired) electrons. The van der Waals surface area contributed by atoms with Crippen molar-refractivity contribution in [2.75, 3.05) is 44.3 Å². The van der Waals surface area contributed by atoms with E-state index in [9.17, 15) is 28.0 Å². The molecule has 11 heteroatoms. The van der Waals surface area contributed by atoms with Gasteiger partial charge in [0, 0.05) is 26.2 Å². The molecular weight excluding hydrogens is 393 g/mol. The second kappa shape index (κ2) is 8.16. The van der Waals surface area contributed by atoms with Crippen LogP contribution in [0.2, 0.25) is 0 Å². The average molecular weight is 412 g/mol. The lowest BCUT2D eigenvalue weighted by Crippen LogP contribution is -2.42. The maximum Gasteiger partial charge on any atom is 0.418 e. The van der Waals surface area contributed by atoms with E-state index < -0.39 is 29.8 Å². The Balaban J connectivity index is 2.07. The average Bonchev–Trinajstić information content (AvgIpc) is 3.13. The fraction of sp³-hybridized carbons (Fsp3) is 0.500. The van der Waals surface area contributed by atoms with Gasteiger partial charge in [-0.25, -0.2) is 4.79 Å². The van der Waals surface area contributed by atoms with Gasteiger partial charge in [0.25, 0.3) is 5.91 Å². The number of ether oxygens (including phenoxy) is 1. The molecule has 3 rings (SSSR count). The van der Waals surface area contributed by atoms with E-state index >= 15 is 0 Å². The lowest BCUT2D eigenvalue weighted by molar-refractivity contribution is -0.137. The summed E-state index contributed by atoms with van der Waals surface area (Å²) in [6, 6.07) is 3.02. The number of carbonyl (C=O) groups excluding carboxylic acids is 1. The van der Waals surface area contributed by atoms with E-state index in [4.69, 9.17) is 9.84 Å². The molecule has 0 aromatic heterocycles. The van der Waals surface area contributed by atoms with Gasteiger partial charge < -0.3 is 25.0 Å². The molecule has 0 bridgehead atoms. The molecule has 29 heavy (non-hydrogen) atoms. The zero-order valence-electron chi connectivity index (χ0n) is 15.3. The summed E-state index contributed by atoms with van der Waals surface area (Å²) in [5.74, 6) is -0.611. The summed E-state index contributed by atoms with van der Waals surface area (Å²) in [4.78, 5) is 26.7. The zero-order valence-corrected chi connectivity index (χ0v) is 15.3. The molecule has 2 heterocycles. The highest BCUT2D eigenvalue weighted by Gasteiger charge is 2.40. The topological polar surface area (TPSA) is 106 Å². The van der Waals surface area contributed by atoms with Gasteiger partial charge in [0.15, 0.2) is 0 Å². The second-order valence-electron chi connectivity index (χ2n) is 6.82. The SMILES string of the molecule is N#Cc1cc(C(=O)N2CCOCC2)c(N2CCC(NC(=O)O)C2)c(C(F)(F)F)c1. The third-order valence-electron chi connectivity index (χ3n) is 4.91. The summed E-state index contributed by atoms with van der Waals surface area (Å²) in [6.07, 6.45) is -5.76. The van der Waals surface area contributed by atoms with Crippen LogP contribution in [0.1, 0.15) is 27.9 Å². The number of alkyl halides is 3. The van der Waals surface area contributed by atoms with Gasteiger partial charge in [-0.05, 0) is 18.6 Å². The van der Waals surface area contributed by atoms with Crippen LogP contribution in [0.15, 0.2) is 12.1 Å². The van der Waals surface area contributed by atoms with E-state index in [2.05, 4.69) is 5.32 Å². The number of halogens is 3. The fourth-order valence-electron chi connectivity index (χ4n) is 3.61. The molecule has 1 unspecified atom stereocenters. The number of amides is 2. The molecule has 0 spiro atoms. The Morgan fingerprint density at radius 1 is 1.24 bits per heavy atom. The molecule has 1 atom stereocenters. The Bertz CT molecular complexity index is 847. The summed E-state index contributed by atoms with van der Waals surface area (Å²) < 4.78 is 46.7. The van der Waals surface area contributed by atoms with E-state index in [-0.39, 0.29) is 56.2 Å². The van der Waals surface area contributed by atoms with Crippen molar-refractivity contribution < 1.29 is 32.6 Å². The van der Waals surface area contributed by atoms with Crippen molar-refractivity contribution in [3.05, 3.63) is 28.8 Å². The number of rotatable bonds is 3. The highest BCUT2D eigenvalue weighted by atomic mass is 19.4. The van der Waals surface area contributed by atoms with E-state index in [0.717, 1.165) is 6.07 Å². The number of anilines is 1. The maximum absolute atomic E-state index is 13.8. The predicted octanol–water partition coefficient (Wildman–Crippen LogP) is 1.90. The summed E-state index contributed by atoms with van der Waals surface area (Å²) in [7, 11) is 0. The molecule has 2 amide bonds. The Hall–Kier alpha value is -3.00. The molecule has 1 aromatic rings. The number of hydrogen-bond donors (Lipinski definition) is 2. The normalized spacial score (nSPS) is 19.7. The van der Waals surface area contributed by atoms with Crippen molar-refractivity contribution in [2.24, 2.45) is 0 Å². The Kier molecular flexibility index (Phi) is 5.83. The van der Waals surface area contributed by atoms with E-state index in [1.54, 1.807) is 6.07 Å². The molecule has 2 aliphatic rings. The summed E-state index contributed by atoms with van der Waals surface area (Å²) in [5, 5.41) is 20.3. The summed E-state index contributed by atoms with van der Waals surface area (Å²) in [6.45, 7) is 1.16. The quantitative estimate of drug-likeness (QED) is 0.786. The van der Waals surface area contributed by atoms with Crippen LogP contribution in [0.4, 0.5) is 23.7 Å². The second-order valence-corrected chi connectivity index (χ2v) is 6.82. The molecule has 0 saturated carbocycles. The smallest absolute Gasteiger partial charge is 0.418 e. The van der Waals surface area contributed by atoms with Crippen molar-refractivity contribution in [1.29, 1.82) is 5.26 Å². The third-order valence-corrected chi connectivity index (χ3v) is 4.91. The van der Waals surface area contributed by atoms with Crippen LogP contribution in [0, 0.1) is 11.3 Å². The molecule has 156 valence electrons. The van der Waals surface area contributed by atoms with E-state index in [1.807, 2.05) is 0 Å². The Morgan fingerprint density at radius 2 is 1.93 bits per heavy atom. The van der Waals surface area contributed by atoms with Gasteiger partial charge in [0.2, 0.25) is 0 Å². The lowest BCUT2D eigenvalue weighted by atomic mass is 10.00. The first kappa shape index (κ1) is 20.7. The van der Waals surface area contributed by atoms with Crippen LogP contribution < -0.4 is 10.2 Å². The number of hydrogen-bond acceptors (Lipinski definition) is 5. The number of nitrogens with zero attached hydrogens (tertiary/aromatic N) is 3. The monoisotopic (exact) mass is 412 g/mol. The van der Waals surface area contributed by atoms with Crippen molar-refractivity contribution >= 4 is 17.7 Å². The van der Waals surface area contributed by atoms with Crippen LogP contribution in [-0.2, 0) is 10.9 Å². The van der Waals surface area contributed by atoms with Gasteiger partial charge in [-0.15, -0.1) is 0 Å². The third kappa shape index (κ3) is 4.54. The number of carbonyl (C=O) groups is 2. The van der Waals surface area contributed by atoms with Gasteiger partial charge in [-0.1, -0.05) is 0 Å². The van der Waals surface area contributed by atoms with Crippen LogP contribution >= 0.6 is 0 Å². The van der Waals surface area contributed by atoms with Crippen molar-refractivity contribution in [3.8, 4) is 6.07 Å². The number of morpholine rings is 1. The first-order valence-electron chi connectivity index (χ1n) is 8.97. The van der Waals surface area contributed by atoms with Gasteiger partial charge in [-0.3, -0.25) is 4.79 Å². The van der Waals surface area contributed by atoms with Gasteiger partial charge >= 0.3 is 12.3 Å². The van der Waals surface area contributed by atoms with Crippen molar-refractivity contribution in [2.45, 2.75) is 18.6 Å². The Labute approximate surface area is 164 Å². The minimum atomic E-state index is -4.79. The van der Waals surface area contributed by atoms with Crippen LogP contribution in [0.5, 0.6) is 0 Å². The first-order chi connectivity index (χ1) is 13.7. The molecule has 0 aliphatic carbocycles. The standard InChI is InChI=1S/C18H19F3N4O4/c19-18(20,21)14-8-11(9-22)7-13(16(26)24-3-5-29-6-4-24)15(14)25-2-1-12(10-25)23-17(27)28/h7-8,12,23H,1-6,10H2,(H,27,28). The molecule has 2 N–H and O–H groups in total. The van der Waals surface area contributed by atoms with Crippen LogP contribution in [0.3, 0.4) is 0 Å². The minimum absolute atomic E-state index is 0.00925. The fourth-order valence-corrected chi connectivity index (χ4v) is 3.61. The summed E-state index contributed by atoms with van der Waals surface area (Å²) >= 11 is 0. The highest BCUT2D eigenvalue weighted by molar-refractivity contribution is 6.01. The Morgan fingerprint density at radius 3 is 2.52 bits per heavy atom. The van der Waals surface area contributed by atoms with Crippen LogP contribution in [-0.4, -0.2) is 67.4 Å². The van der Waals surface area contributed by atoms with Crippen molar-refractivity contribution in [1.82, 2.24) is 10.2 Å². The van der Waals surface area contributed by atoms with Gasteiger partial charge in [0.1, 0.15) is 0 Å². The number of nitriles is 1. The molecule has 8 nitrogen and oxygen atoms in total. The number of nitrogens with one attached hydrogen (secondary N) is 1. The maximum atomic E-state index is 13.8. The van der Waals surface area contributed by atoms with Crippen LogP contribution in [0.25, 0.3) is 0 Å². The molecule has 2 fully saturated rings. The lowest BCUT2D eigenvalue weighted by Gasteiger charge is -2.31. The minimum Gasteiger partial charge on any atom is -0.465 e.